The highest BCUT2D eigenvalue weighted by Crippen LogP contribution is 2.22. The Labute approximate surface area is 147 Å². The maximum atomic E-state index is 13.1. The van der Waals surface area contributed by atoms with Crippen LogP contribution < -0.4 is 10.6 Å². The lowest BCUT2D eigenvalue weighted by molar-refractivity contribution is 0.0276. The molecule has 1 heterocycles. The molecule has 1 amide bonds. The number of carbonyl (C=O) groups is 1. The van der Waals surface area contributed by atoms with Crippen LogP contribution in [0.5, 0.6) is 0 Å². The predicted octanol–water partition coefficient (Wildman–Crippen LogP) is 2.73. The Hall–Kier alpha value is -2.24. The van der Waals surface area contributed by atoms with Gasteiger partial charge in [-0.05, 0) is 67.7 Å². The standard InChI is InChI=1S/C20H23FN2O2/c21-18-7-5-15(6-8-18)16-3-1-4-17(13-16)19(24)23-14-20(25)9-2-11-22-12-10-20/h1,3-8,13,22,25H,2,9-12,14H2,(H,23,24)/t20-/m1/s1. The number of aliphatic hydroxyl groups is 1. The first kappa shape index (κ1) is 17.6. The molecular weight excluding hydrogens is 319 g/mol. The number of rotatable bonds is 4. The first-order valence-electron chi connectivity index (χ1n) is 8.63. The molecule has 0 bridgehead atoms. The summed E-state index contributed by atoms with van der Waals surface area (Å²) in [5, 5.41) is 16.7. The molecule has 3 rings (SSSR count). The summed E-state index contributed by atoms with van der Waals surface area (Å²) in [6.07, 6.45) is 2.20. The number of amides is 1. The van der Waals surface area contributed by atoms with Gasteiger partial charge in [0.1, 0.15) is 5.82 Å². The molecule has 1 aliphatic heterocycles. The van der Waals surface area contributed by atoms with Gasteiger partial charge in [-0.1, -0.05) is 24.3 Å². The summed E-state index contributed by atoms with van der Waals surface area (Å²) in [6, 6.07) is 13.4. The van der Waals surface area contributed by atoms with Gasteiger partial charge in [0.05, 0.1) is 5.60 Å². The molecular formula is C20H23FN2O2. The fourth-order valence-corrected chi connectivity index (χ4v) is 3.12. The normalized spacial score (nSPS) is 20.7. The van der Waals surface area contributed by atoms with Gasteiger partial charge in [-0.25, -0.2) is 4.39 Å². The quantitative estimate of drug-likeness (QED) is 0.801. The summed E-state index contributed by atoms with van der Waals surface area (Å²) < 4.78 is 13.1. The van der Waals surface area contributed by atoms with Crippen LogP contribution in [0.1, 0.15) is 29.6 Å². The Morgan fingerprint density at radius 3 is 2.72 bits per heavy atom. The molecule has 0 saturated carbocycles. The lowest BCUT2D eigenvalue weighted by Gasteiger charge is -2.26. The molecule has 0 radical (unpaired) electrons. The largest absolute Gasteiger partial charge is 0.388 e. The van der Waals surface area contributed by atoms with Gasteiger partial charge in [0.25, 0.3) is 5.91 Å². The molecule has 5 heteroatoms. The van der Waals surface area contributed by atoms with Gasteiger partial charge in [0, 0.05) is 12.1 Å². The van der Waals surface area contributed by atoms with Crippen LogP contribution >= 0.6 is 0 Å². The third-order valence-electron chi connectivity index (χ3n) is 4.64. The van der Waals surface area contributed by atoms with Gasteiger partial charge in [-0.3, -0.25) is 4.79 Å². The number of hydrogen-bond donors (Lipinski definition) is 3. The molecule has 1 aliphatic rings. The molecule has 2 aromatic carbocycles. The molecule has 1 saturated heterocycles. The minimum Gasteiger partial charge on any atom is -0.388 e. The Bertz CT molecular complexity index is 723. The fourth-order valence-electron chi connectivity index (χ4n) is 3.12. The first-order chi connectivity index (χ1) is 12.1. The number of benzene rings is 2. The minimum absolute atomic E-state index is 0.213. The Morgan fingerprint density at radius 1 is 1.12 bits per heavy atom. The Balaban J connectivity index is 1.68. The van der Waals surface area contributed by atoms with E-state index < -0.39 is 5.60 Å². The van der Waals surface area contributed by atoms with Crippen molar-refractivity contribution in [2.45, 2.75) is 24.9 Å². The maximum absolute atomic E-state index is 13.1. The van der Waals surface area contributed by atoms with Crippen LogP contribution in [0, 0.1) is 5.82 Å². The van der Waals surface area contributed by atoms with Crippen molar-refractivity contribution in [2.75, 3.05) is 19.6 Å². The van der Waals surface area contributed by atoms with E-state index in [-0.39, 0.29) is 18.3 Å². The topological polar surface area (TPSA) is 61.4 Å². The van der Waals surface area contributed by atoms with Crippen molar-refractivity contribution in [3.8, 4) is 11.1 Å². The van der Waals surface area contributed by atoms with E-state index in [1.807, 2.05) is 6.07 Å². The van der Waals surface area contributed by atoms with E-state index in [9.17, 15) is 14.3 Å². The minimum atomic E-state index is -0.853. The van der Waals surface area contributed by atoms with Crippen molar-refractivity contribution in [2.24, 2.45) is 0 Å². The fraction of sp³-hybridized carbons (Fsp3) is 0.350. The summed E-state index contributed by atoms with van der Waals surface area (Å²) in [4.78, 5) is 12.5. The lowest BCUT2D eigenvalue weighted by atomic mass is 9.94. The van der Waals surface area contributed by atoms with Crippen LogP contribution in [-0.4, -0.2) is 36.2 Å². The summed E-state index contributed by atoms with van der Waals surface area (Å²) in [6.45, 7) is 1.90. The molecule has 3 N–H and O–H groups in total. The zero-order chi connectivity index (χ0) is 17.7. The van der Waals surface area contributed by atoms with Crippen molar-refractivity contribution < 1.29 is 14.3 Å². The average molecular weight is 342 g/mol. The van der Waals surface area contributed by atoms with E-state index in [4.69, 9.17) is 0 Å². The SMILES string of the molecule is O=C(NC[C@@]1(O)CCCNCC1)c1cccc(-c2ccc(F)cc2)c1. The maximum Gasteiger partial charge on any atom is 0.251 e. The second-order valence-electron chi connectivity index (χ2n) is 6.60. The first-order valence-corrected chi connectivity index (χ1v) is 8.63. The van der Waals surface area contributed by atoms with E-state index in [1.54, 1.807) is 30.3 Å². The molecule has 1 atom stereocenters. The van der Waals surface area contributed by atoms with Gasteiger partial charge in [-0.2, -0.15) is 0 Å². The van der Waals surface area contributed by atoms with Gasteiger partial charge >= 0.3 is 0 Å². The van der Waals surface area contributed by atoms with Crippen LogP contribution in [0.15, 0.2) is 48.5 Å². The number of hydrogen-bond acceptors (Lipinski definition) is 3. The Morgan fingerprint density at radius 2 is 1.92 bits per heavy atom. The van der Waals surface area contributed by atoms with Gasteiger partial charge < -0.3 is 15.7 Å². The van der Waals surface area contributed by atoms with Crippen LogP contribution in [0.3, 0.4) is 0 Å². The van der Waals surface area contributed by atoms with Gasteiger partial charge in [0.2, 0.25) is 0 Å². The Kier molecular flexibility index (Phi) is 5.46. The number of nitrogens with one attached hydrogen (secondary N) is 2. The highest BCUT2D eigenvalue weighted by Gasteiger charge is 2.28. The molecule has 2 aromatic rings. The highest BCUT2D eigenvalue weighted by atomic mass is 19.1. The van der Waals surface area contributed by atoms with Crippen LogP contribution in [0.25, 0.3) is 11.1 Å². The van der Waals surface area contributed by atoms with E-state index in [0.717, 1.165) is 30.6 Å². The smallest absolute Gasteiger partial charge is 0.251 e. The van der Waals surface area contributed by atoms with Crippen molar-refractivity contribution in [3.05, 3.63) is 59.9 Å². The lowest BCUT2D eigenvalue weighted by Crippen LogP contribution is -2.43. The summed E-state index contributed by atoms with van der Waals surface area (Å²) in [7, 11) is 0. The molecule has 0 unspecified atom stereocenters. The monoisotopic (exact) mass is 342 g/mol. The number of carbonyl (C=O) groups excluding carboxylic acids is 1. The molecule has 132 valence electrons. The third-order valence-corrected chi connectivity index (χ3v) is 4.64. The summed E-state index contributed by atoms with van der Waals surface area (Å²) >= 11 is 0. The summed E-state index contributed by atoms with van der Waals surface area (Å²) in [5.74, 6) is -0.502. The van der Waals surface area contributed by atoms with Crippen molar-refractivity contribution in [1.82, 2.24) is 10.6 Å². The van der Waals surface area contributed by atoms with Crippen molar-refractivity contribution in [1.29, 1.82) is 0 Å². The zero-order valence-electron chi connectivity index (χ0n) is 14.1. The van der Waals surface area contributed by atoms with Crippen LogP contribution in [0.4, 0.5) is 4.39 Å². The van der Waals surface area contributed by atoms with Crippen LogP contribution in [0.2, 0.25) is 0 Å². The molecule has 0 aliphatic carbocycles. The second kappa shape index (κ2) is 7.76. The molecule has 25 heavy (non-hydrogen) atoms. The van der Waals surface area contributed by atoms with Crippen molar-refractivity contribution >= 4 is 5.91 Å². The average Bonchev–Trinajstić information content (AvgIpc) is 2.85. The third kappa shape index (κ3) is 4.65. The number of halogens is 1. The molecule has 0 spiro atoms. The second-order valence-corrected chi connectivity index (χ2v) is 6.60. The molecule has 1 fully saturated rings. The van der Waals surface area contributed by atoms with E-state index in [1.165, 1.54) is 12.1 Å². The molecule has 0 aromatic heterocycles. The highest BCUT2D eigenvalue weighted by molar-refractivity contribution is 5.95. The predicted molar refractivity (Wildman–Crippen MR) is 95.8 cm³/mol. The van der Waals surface area contributed by atoms with E-state index >= 15 is 0 Å². The van der Waals surface area contributed by atoms with Crippen LogP contribution in [-0.2, 0) is 0 Å². The van der Waals surface area contributed by atoms with Gasteiger partial charge in [0.15, 0.2) is 0 Å². The zero-order valence-corrected chi connectivity index (χ0v) is 14.1. The van der Waals surface area contributed by atoms with E-state index in [0.29, 0.717) is 18.4 Å². The van der Waals surface area contributed by atoms with Crippen molar-refractivity contribution in [3.63, 3.8) is 0 Å². The molecule has 4 nitrogen and oxygen atoms in total. The van der Waals surface area contributed by atoms with E-state index in [2.05, 4.69) is 10.6 Å². The van der Waals surface area contributed by atoms with Gasteiger partial charge in [-0.15, -0.1) is 0 Å². The summed E-state index contributed by atoms with van der Waals surface area (Å²) in [5.41, 5.74) is 1.38.